The summed E-state index contributed by atoms with van der Waals surface area (Å²) in [4.78, 5) is 19.9. The Morgan fingerprint density at radius 2 is 2.10 bits per heavy atom. The molecule has 0 fully saturated rings. The molecule has 0 aromatic rings. The summed E-state index contributed by atoms with van der Waals surface area (Å²) in [7, 11) is 0. The van der Waals surface area contributed by atoms with E-state index in [1.54, 1.807) is 0 Å². The van der Waals surface area contributed by atoms with Crippen molar-refractivity contribution in [2.75, 3.05) is 6.61 Å². The van der Waals surface area contributed by atoms with Crippen LogP contribution < -0.4 is 0 Å². The van der Waals surface area contributed by atoms with Crippen LogP contribution in [0.5, 0.6) is 0 Å². The van der Waals surface area contributed by atoms with E-state index in [2.05, 4.69) is 11.3 Å². The number of rotatable bonds is 3. The lowest BCUT2D eigenvalue weighted by Gasteiger charge is -1.97. The van der Waals surface area contributed by atoms with E-state index in [0.717, 1.165) is 0 Å². The molecule has 5 heteroatoms. The highest BCUT2D eigenvalue weighted by atomic mass is 35.5. The van der Waals surface area contributed by atoms with Crippen molar-refractivity contribution < 1.29 is 19.4 Å². The summed E-state index contributed by atoms with van der Waals surface area (Å²) in [6.07, 6.45) is 0. The molecule has 0 spiro atoms. The van der Waals surface area contributed by atoms with Crippen LogP contribution in [0.1, 0.15) is 0 Å². The standard InChI is InChI=1S/C5H5ClO4/c1-3(4(7)8)2-10-5(6)9/h1-2H2,(H,7,8). The Bertz CT molecular complexity index is 174. The maximum Gasteiger partial charge on any atom is 0.404 e. The first-order valence-corrected chi connectivity index (χ1v) is 2.65. The van der Waals surface area contributed by atoms with Gasteiger partial charge in [0.15, 0.2) is 0 Å². The molecule has 1 N–H and O–H groups in total. The third-order valence-electron chi connectivity index (χ3n) is 0.662. The number of carboxylic acid groups (broad SMARTS) is 1. The van der Waals surface area contributed by atoms with E-state index >= 15 is 0 Å². The van der Waals surface area contributed by atoms with E-state index in [4.69, 9.17) is 16.7 Å². The van der Waals surface area contributed by atoms with Crippen LogP contribution in [0, 0.1) is 0 Å². The molecule has 0 bridgehead atoms. The molecule has 0 atom stereocenters. The summed E-state index contributed by atoms with van der Waals surface area (Å²) < 4.78 is 4.11. The second kappa shape index (κ2) is 3.90. The highest BCUT2D eigenvalue weighted by Crippen LogP contribution is 1.94. The quantitative estimate of drug-likeness (QED) is 0.499. The lowest BCUT2D eigenvalue weighted by molar-refractivity contribution is -0.133. The normalized spacial score (nSPS) is 8.50. The number of aliphatic carboxylic acids is 1. The number of ether oxygens (including phenoxy) is 1. The van der Waals surface area contributed by atoms with Gasteiger partial charge < -0.3 is 9.84 Å². The fourth-order valence-corrected chi connectivity index (χ4v) is 0.260. The van der Waals surface area contributed by atoms with Crippen LogP contribution in [0.2, 0.25) is 0 Å². The molecule has 0 unspecified atom stereocenters. The minimum absolute atomic E-state index is 0.214. The molecule has 0 aliphatic rings. The molecule has 0 saturated heterocycles. The zero-order chi connectivity index (χ0) is 8.15. The van der Waals surface area contributed by atoms with Gasteiger partial charge in [-0.15, -0.1) is 0 Å². The lowest BCUT2D eigenvalue weighted by Crippen LogP contribution is -2.07. The topological polar surface area (TPSA) is 63.6 Å². The predicted octanol–water partition coefficient (Wildman–Crippen LogP) is 1.00. The molecule has 56 valence electrons. The fourth-order valence-electron chi connectivity index (χ4n) is 0.206. The van der Waals surface area contributed by atoms with E-state index < -0.39 is 11.4 Å². The van der Waals surface area contributed by atoms with Crippen molar-refractivity contribution in [1.29, 1.82) is 0 Å². The highest BCUT2D eigenvalue weighted by molar-refractivity contribution is 6.61. The fraction of sp³-hybridized carbons (Fsp3) is 0.200. The molecule has 10 heavy (non-hydrogen) atoms. The van der Waals surface area contributed by atoms with Gasteiger partial charge >= 0.3 is 11.4 Å². The zero-order valence-corrected chi connectivity index (χ0v) is 5.72. The van der Waals surface area contributed by atoms with E-state index in [-0.39, 0.29) is 12.2 Å². The third kappa shape index (κ3) is 3.91. The molecular formula is C5H5ClO4. The number of carbonyl (C=O) groups excluding carboxylic acids is 1. The second-order valence-electron chi connectivity index (χ2n) is 1.44. The lowest BCUT2D eigenvalue weighted by atomic mass is 10.3. The summed E-state index contributed by atoms with van der Waals surface area (Å²) in [6, 6.07) is 0. The van der Waals surface area contributed by atoms with Crippen molar-refractivity contribution in [1.82, 2.24) is 0 Å². The Balaban J connectivity index is 3.60. The Kier molecular flexibility index (Phi) is 3.49. The van der Waals surface area contributed by atoms with Crippen molar-refractivity contribution in [3.05, 3.63) is 12.2 Å². The number of halogens is 1. The van der Waals surface area contributed by atoms with Crippen molar-refractivity contribution in [3.63, 3.8) is 0 Å². The summed E-state index contributed by atoms with van der Waals surface area (Å²) >= 11 is 4.73. The van der Waals surface area contributed by atoms with Gasteiger partial charge in [0.25, 0.3) is 0 Å². The van der Waals surface area contributed by atoms with Crippen LogP contribution in [0.15, 0.2) is 12.2 Å². The van der Waals surface area contributed by atoms with Crippen molar-refractivity contribution in [2.24, 2.45) is 0 Å². The Hall–Kier alpha value is -1.03. The van der Waals surface area contributed by atoms with Crippen molar-refractivity contribution in [2.45, 2.75) is 0 Å². The van der Waals surface area contributed by atoms with Crippen LogP contribution in [0.3, 0.4) is 0 Å². The number of carboxylic acids is 1. The molecule has 0 amide bonds. The monoisotopic (exact) mass is 164 g/mol. The summed E-state index contributed by atoms with van der Waals surface area (Å²) in [6.45, 7) is 2.71. The van der Waals surface area contributed by atoms with Gasteiger partial charge in [0.1, 0.15) is 6.61 Å². The molecule has 0 aromatic carbocycles. The Labute approximate surface area is 62.0 Å². The Morgan fingerprint density at radius 1 is 1.60 bits per heavy atom. The van der Waals surface area contributed by atoms with Gasteiger partial charge in [-0.1, -0.05) is 6.58 Å². The smallest absolute Gasteiger partial charge is 0.404 e. The average Bonchev–Trinajstić information content (AvgIpc) is 1.82. The first-order chi connectivity index (χ1) is 4.54. The van der Waals surface area contributed by atoms with Crippen LogP contribution in [0.25, 0.3) is 0 Å². The number of hydrogen-bond acceptors (Lipinski definition) is 3. The largest absolute Gasteiger partial charge is 0.478 e. The van der Waals surface area contributed by atoms with Gasteiger partial charge in [0, 0.05) is 11.6 Å². The van der Waals surface area contributed by atoms with E-state index in [1.165, 1.54) is 0 Å². The predicted molar refractivity (Wildman–Crippen MR) is 34.0 cm³/mol. The van der Waals surface area contributed by atoms with Gasteiger partial charge in [-0.05, 0) is 0 Å². The van der Waals surface area contributed by atoms with Crippen LogP contribution >= 0.6 is 11.6 Å². The van der Waals surface area contributed by atoms with Gasteiger partial charge in [0.2, 0.25) is 0 Å². The maximum absolute atomic E-state index is 9.98. The highest BCUT2D eigenvalue weighted by Gasteiger charge is 2.05. The van der Waals surface area contributed by atoms with Crippen LogP contribution in [-0.4, -0.2) is 23.1 Å². The average molecular weight is 165 g/mol. The molecule has 0 aliphatic carbocycles. The van der Waals surface area contributed by atoms with E-state index in [0.29, 0.717) is 0 Å². The van der Waals surface area contributed by atoms with Crippen LogP contribution in [0.4, 0.5) is 4.79 Å². The zero-order valence-electron chi connectivity index (χ0n) is 4.96. The Morgan fingerprint density at radius 3 is 2.40 bits per heavy atom. The van der Waals surface area contributed by atoms with Gasteiger partial charge in [-0.2, -0.15) is 0 Å². The molecule has 0 saturated carbocycles. The van der Waals surface area contributed by atoms with Crippen molar-refractivity contribution in [3.8, 4) is 0 Å². The first kappa shape index (κ1) is 8.97. The molecule has 0 aliphatic heterocycles. The maximum atomic E-state index is 9.98. The van der Waals surface area contributed by atoms with E-state index in [1.807, 2.05) is 0 Å². The third-order valence-corrected chi connectivity index (χ3v) is 0.771. The molecular weight excluding hydrogens is 160 g/mol. The molecule has 0 heterocycles. The number of carbonyl (C=O) groups is 2. The van der Waals surface area contributed by atoms with E-state index in [9.17, 15) is 9.59 Å². The molecule has 0 rings (SSSR count). The minimum Gasteiger partial charge on any atom is -0.478 e. The summed E-state index contributed by atoms with van der Waals surface area (Å²) in [5.41, 5.74) is -1.25. The second-order valence-corrected chi connectivity index (χ2v) is 1.74. The van der Waals surface area contributed by atoms with Crippen molar-refractivity contribution >= 4 is 23.0 Å². The molecule has 4 nitrogen and oxygen atoms in total. The molecule has 0 radical (unpaired) electrons. The SMILES string of the molecule is C=C(COC(=O)Cl)C(=O)O. The van der Waals surface area contributed by atoms with Crippen LogP contribution in [-0.2, 0) is 9.53 Å². The summed E-state index contributed by atoms with van der Waals surface area (Å²) in [5.74, 6) is -1.21. The molecule has 0 aromatic heterocycles. The summed E-state index contributed by atoms with van der Waals surface area (Å²) in [5, 5.41) is 8.16. The van der Waals surface area contributed by atoms with Gasteiger partial charge in [0.05, 0.1) is 5.57 Å². The first-order valence-electron chi connectivity index (χ1n) is 2.27. The minimum atomic E-state index is -1.21. The van der Waals surface area contributed by atoms with Gasteiger partial charge in [-0.25, -0.2) is 9.59 Å². The van der Waals surface area contributed by atoms with Gasteiger partial charge in [-0.3, -0.25) is 0 Å². The number of hydrogen-bond donors (Lipinski definition) is 1.